The highest BCUT2D eigenvalue weighted by Crippen LogP contribution is 2.23. The van der Waals surface area contributed by atoms with E-state index in [1.807, 2.05) is 0 Å². The van der Waals surface area contributed by atoms with Crippen molar-refractivity contribution in [2.24, 2.45) is 0 Å². The molecule has 1 unspecified atom stereocenters. The summed E-state index contributed by atoms with van der Waals surface area (Å²) in [5.41, 5.74) is -0.852. The van der Waals surface area contributed by atoms with Crippen molar-refractivity contribution in [1.29, 1.82) is 0 Å². The summed E-state index contributed by atoms with van der Waals surface area (Å²) in [5.74, 6) is 0. The summed E-state index contributed by atoms with van der Waals surface area (Å²) >= 11 is 2.91. The Kier molecular flexibility index (Phi) is 2.82. The Morgan fingerprint density at radius 1 is 1.67 bits per heavy atom. The normalized spacial score (nSPS) is 32.6. The van der Waals surface area contributed by atoms with Crippen molar-refractivity contribution in [2.45, 2.75) is 18.9 Å². The third kappa shape index (κ3) is 2.18. The van der Waals surface area contributed by atoms with Gasteiger partial charge in [0.2, 0.25) is 10.0 Å². The molecule has 1 aliphatic rings. The monoisotopic (exact) mass is 257 g/mol. The molecule has 1 fully saturated rings. The smallest absolute Gasteiger partial charge is 0.224 e. The molecule has 0 spiro atoms. The average Bonchev–Trinajstić information content (AvgIpc) is 2.31. The molecule has 0 aliphatic carbocycles. The van der Waals surface area contributed by atoms with Crippen molar-refractivity contribution in [3.8, 4) is 0 Å². The van der Waals surface area contributed by atoms with E-state index in [1.54, 1.807) is 6.92 Å². The van der Waals surface area contributed by atoms with Gasteiger partial charge in [-0.1, -0.05) is 15.9 Å². The molecular formula is C6H12BrNO3S. The van der Waals surface area contributed by atoms with Crippen LogP contribution in [0, 0.1) is 0 Å². The predicted octanol–water partition coefficient (Wildman–Crippen LogP) is 0.125. The number of hydrogen-bond donors (Lipinski definition) is 1. The maximum Gasteiger partial charge on any atom is 0.224 e. The lowest BCUT2D eigenvalue weighted by atomic mass is 10.1. The fraction of sp³-hybridized carbons (Fsp3) is 1.00. The first-order valence-electron chi connectivity index (χ1n) is 3.64. The van der Waals surface area contributed by atoms with E-state index in [0.717, 1.165) is 0 Å². The molecule has 1 saturated heterocycles. The van der Waals surface area contributed by atoms with Gasteiger partial charge in [-0.15, -0.1) is 0 Å². The number of nitrogens with zero attached hydrogens (tertiary/aromatic N) is 1. The third-order valence-corrected chi connectivity index (χ3v) is 5.06. The number of rotatable bonds is 2. The van der Waals surface area contributed by atoms with Gasteiger partial charge in [-0.25, -0.2) is 8.42 Å². The van der Waals surface area contributed by atoms with Crippen LogP contribution in [0.1, 0.15) is 13.3 Å². The van der Waals surface area contributed by atoms with Gasteiger partial charge in [0.25, 0.3) is 0 Å². The van der Waals surface area contributed by atoms with E-state index in [2.05, 4.69) is 15.9 Å². The minimum atomic E-state index is -3.18. The molecule has 72 valence electrons. The van der Waals surface area contributed by atoms with Crippen molar-refractivity contribution in [3.05, 3.63) is 0 Å². The highest BCUT2D eigenvalue weighted by Gasteiger charge is 2.36. The molecule has 12 heavy (non-hydrogen) atoms. The largest absolute Gasteiger partial charge is 0.389 e. The highest BCUT2D eigenvalue weighted by molar-refractivity contribution is 9.10. The Labute approximate surface area is 80.7 Å². The fourth-order valence-electron chi connectivity index (χ4n) is 1.21. The average molecular weight is 258 g/mol. The second kappa shape index (κ2) is 3.25. The summed E-state index contributed by atoms with van der Waals surface area (Å²) in [4.78, 5) is 0. The standard InChI is InChI=1S/C6H12BrNO3S/c1-6(9)2-3-8(4-6)12(10,11)5-7/h9H,2-5H2,1H3. The maximum atomic E-state index is 11.3. The summed E-state index contributed by atoms with van der Waals surface area (Å²) in [6, 6.07) is 0. The quantitative estimate of drug-likeness (QED) is 0.716. The molecule has 1 atom stereocenters. The number of aliphatic hydroxyl groups is 1. The van der Waals surface area contributed by atoms with Crippen molar-refractivity contribution in [2.75, 3.05) is 17.8 Å². The molecule has 6 heteroatoms. The Morgan fingerprint density at radius 2 is 2.25 bits per heavy atom. The van der Waals surface area contributed by atoms with Crippen molar-refractivity contribution in [3.63, 3.8) is 0 Å². The van der Waals surface area contributed by atoms with E-state index in [0.29, 0.717) is 13.0 Å². The zero-order chi connectivity index (χ0) is 9.41. The van der Waals surface area contributed by atoms with E-state index in [9.17, 15) is 13.5 Å². The molecule has 1 heterocycles. The molecule has 0 aromatic heterocycles. The van der Waals surface area contributed by atoms with Gasteiger partial charge in [-0.2, -0.15) is 4.31 Å². The Hall–Kier alpha value is 0.350. The molecule has 1 N–H and O–H groups in total. The molecule has 0 saturated carbocycles. The molecule has 1 rings (SSSR count). The lowest BCUT2D eigenvalue weighted by molar-refractivity contribution is 0.0763. The first-order valence-corrected chi connectivity index (χ1v) is 6.37. The third-order valence-electron chi connectivity index (χ3n) is 1.95. The first kappa shape index (κ1) is 10.4. The second-order valence-electron chi connectivity index (χ2n) is 3.30. The predicted molar refractivity (Wildman–Crippen MR) is 49.5 cm³/mol. The van der Waals surface area contributed by atoms with Gasteiger partial charge in [-0.3, -0.25) is 0 Å². The van der Waals surface area contributed by atoms with Gasteiger partial charge in [0.15, 0.2) is 0 Å². The SMILES string of the molecule is CC1(O)CCN(S(=O)(=O)CBr)C1. The molecule has 0 aromatic carbocycles. The molecule has 4 nitrogen and oxygen atoms in total. The molecule has 1 aliphatic heterocycles. The van der Waals surface area contributed by atoms with Crippen LogP contribution < -0.4 is 0 Å². The molecular weight excluding hydrogens is 246 g/mol. The van der Waals surface area contributed by atoms with Crippen LogP contribution in [-0.4, -0.2) is 41.2 Å². The van der Waals surface area contributed by atoms with E-state index >= 15 is 0 Å². The Balaban J connectivity index is 2.71. The number of halogens is 1. The van der Waals surface area contributed by atoms with Crippen LogP contribution in [0.5, 0.6) is 0 Å². The van der Waals surface area contributed by atoms with Gasteiger partial charge in [0.1, 0.15) is 4.66 Å². The van der Waals surface area contributed by atoms with Crippen LogP contribution in [0.4, 0.5) is 0 Å². The summed E-state index contributed by atoms with van der Waals surface area (Å²) in [7, 11) is -3.18. The fourth-order valence-corrected chi connectivity index (χ4v) is 3.06. The maximum absolute atomic E-state index is 11.3. The van der Waals surface area contributed by atoms with Crippen molar-refractivity contribution in [1.82, 2.24) is 4.31 Å². The van der Waals surface area contributed by atoms with Gasteiger partial charge in [0.05, 0.1) is 5.60 Å². The number of β-amino-alcohol motifs (C(OH)–C–C–N with tert-alkyl or cyclic N) is 1. The van der Waals surface area contributed by atoms with Gasteiger partial charge < -0.3 is 5.11 Å². The van der Waals surface area contributed by atoms with E-state index in [-0.39, 0.29) is 11.2 Å². The lowest BCUT2D eigenvalue weighted by Gasteiger charge is -2.17. The number of sulfonamides is 1. The van der Waals surface area contributed by atoms with Gasteiger partial charge in [-0.05, 0) is 13.3 Å². The zero-order valence-corrected chi connectivity index (χ0v) is 9.23. The van der Waals surface area contributed by atoms with Gasteiger partial charge >= 0.3 is 0 Å². The molecule has 0 aromatic rings. The first-order chi connectivity index (χ1) is 5.37. The minimum Gasteiger partial charge on any atom is -0.389 e. The Morgan fingerprint density at radius 3 is 2.58 bits per heavy atom. The molecule has 0 bridgehead atoms. The van der Waals surface area contributed by atoms with Crippen molar-refractivity contribution < 1.29 is 13.5 Å². The van der Waals surface area contributed by atoms with E-state index in [1.165, 1.54) is 4.31 Å². The van der Waals surface area contributed by atoms with Gasteiger partial charge in [0, 0.05) is 13.1 Å². The summed E-state index contributed by atoms with van der Waals surface area (Å²) in [5, 5.41) is 9.50. The second-order valence-corrected chi connectivity index (χ2v) is 6.57. The van der Waals surface area contributed by atoms with Crippen LogP contribution in [0.15, 0.2) is 0 Å². The molecule has 0 radical (unpaired) electrons. The van der Waals surface area contributed by atoms with Crippen LogP contribution in [0.3, 0.4) is 0 Å². The number of hydrogen-bond acceptors (Lipinski definition) is 3. The Bertz CT molecular complexity index is 262. The summed E-state index contributed by atoms with van der Waals surface area (Å²) in [6.45, 7) is 2.28. The van der Waals surface area contributed by atoms with Crippen molar-refractivity contribution >= 4 is 26.0 Å². The van der Waals surface area contributed by atoms with E-state index < -0.39 is 15.6 Å². The highest BCUT2D eigenvalue weighted by atomic mass is 79.9. The topological polar surface area (TPSA) is 57.6 Å². The molecule has 0 amide bonds. The van der Waals surface area contributed by atoms with Crippen LogP contribution >= 0.6 is 15.9 Å². The number of alkyl halides is 1. The van der Waals surface area contributed by atoms with Crippen LogP contribution in [0.25, 0.3) is 0 Å². The summed E-state index contributed by atoms with van der Waals surface area (Å²) < 4.78 is 23.7. The van der Waals surface area contributed by atoms with Crippen LogP contribution in [0.2, 0.25) is 0 Å². The van der Waals surface area contributed by atoms with Crippen LogP contribution in [-0.2, 0) is 10.0 Å². The minimum absolute atomic E-state index is 0.0733. The lowest BCUT2D eigenvalue weighted by Crippen LogP contribution is -2.34. The summed E-state index contributed by atoms with van der Waals surface area (Å²) in [6.07, 6.45) is 0.513. The zero-order valence-electron chi connectivity index (χ0n) is 6.83. The van der Waals surface area contributed by atoms with E-state index in [4.69, 9.17) is 0 Å².